The molecule has 0 amide bonds. The van der Waals surface area contributed by atoms with Crippen LogP contribution in [0, 0.1) is 27.7 Å². The number of ether oxygens (including phenoxy) is 1. The smallest absolute Gasteiger partial charge is 0.160 e. The Kier molecular flexibility index (Phi) is 5.13. The summed E-state index contributed by atoms with van der Waals surface area (Å²) in [5.74, 6) is 0. The van der Waals surface area contributed by atoms with Crippen LogP contribution >= 0.6 is 12.2 Å². The van der Waals surface area contributed by atoms with E-state index in [2.05, 4.69) is 40.7 Å². The average molecular weight is 250 g/mol. The molecule has 2 heteroatoms. The molecule has 0 aliphatic heterocycles. The van der Waals surface area contributed by atoms with Crippen LogP contribution in [0.5, 0.6) is 0 Å². The molecular formula is C15H22OS. The van der Waals surface area contributed by atoms with Gasteiger partial charge in [0, 0.05) is 6.42 Å². The number of rotatable bonds is 4. The van der Waals surface area contributed by atoms with Gasteiger partial charge in [0.2, 0.25) is 0 Å². The van der Waals surface area contributed by atoms with Gasteiger partial charge in [-0.3, -0.25) is 0 Å². The Bertz CT molecular complexity index is 421. The van der Waals surface area contributed by atoms with Crippen molar-refractivity contribution in [3.63, 3.8) is 0 Å². The van der Waals surface area contributed by atoms with E-state index in [-0.39, 0.29) is 0 Å². The summed E-state index contributed by atoms with van der Waals surface area (Å²) in [7, 11) is 0. The highest BCUT2D eigenvalue weighted by Crippen LogP contribution is 2.22. The van der Waals surface area contributed by atoms with Gasteiger partial charge in [-0.1, -0.05) is 13.0 Å². The van der Waals surface area contributed by atoms with Crippen LogP contribution < -0.4 is 0 Å². The van der Waals surface area contributed by atoms with E-state index in [1.165, 1.54) is 27.8 Å². The van der Waals surface area contributed by atoms with E-state index in [0.29, 0.717) is 6.61 Å². The van der Waals surface area contributed by atoms with Crippen molar-refractivity contribution < 1.29 is 4.74 Å². The second kappa shape index (κ2) is 6.15. The highest BCUT2D eigenvalue weighted by Gasteiger charge is 2.08. The molecule has 1 aromatic carbocycles. The molecule has 0 radical (unpaired) electrons. The van der Waals surface area contributed by atoms with Crippen LogP contribution in [-0.2, 0) is 11.3 Å². The number of aryl methyl sites for hydroxylation is 1. The zero-order valence-corrected chi connectivity index (χ0v) is 12.3. The molecule has 0 aliphatic rings. The van der Waals surface area contributed by atoms with Crippen molar-refractivity contribution in [1.82, 2.24) is 0 Å². The first kappa shape index (κ1) is 14.2. The van der Waals surface area contributed by atoms with Crippen molar-refractivity contribution >= 4 is 17.3 Å². The van der Waals surface area contributed by atoms with Gasteiger partial charge < -0.3 is 4.74 Å². The second-order valence-corrected chi connectivity index (χ2v) is 5.09. The Labute approximate surface area is 110 Å². The molecule has 0 heterocycles. The lowest BCUT2D eigenvalue weighted by molar-refractivity contribution is 0.291. The van der Waals surface area contributed by atoms with Gasteiger partial charge >= 0.3 is 0 Å². The van der Waals surface area contributed by atoms with Gasteiger partial charge in [0.1, 0.15) is 6.61 Å². The Hall–Kier alpha value is -0.890. The van der Waals surface area contributed by atoms with E-state index in [9.17, 15) is 0 Å². The van der Waals surface area contributed by atoms with Crippen LogP contribution in [0.3, 0.4) is 0 Å². The fourth-order valence-electron chi connectivity index (χ4n) is 1.88. The van der Waals surface area contributed by atoms with E-state index >= 15 is 0 Å². The number of hydrogen-bond donors (Lipinski definition) is 0. The van der Waals surface area contributed by atoms with E-state index in [4.69, 9.17) is 17.0 Å². The summed E-state index contributed by atoms with van der Waals surface area (Å²) in [5, 5.41) is 0.725. The summed E-state index contributed by atoms with van der Waals surface area (Å²) in [6.45, 7) is 11.4. The molecule has 1 rings (SSSR count). The minimum atomic E-state index is 0.604. The summed E-state index contributed by atoms with van der Waals surface area (Å²) in [5.41, 5.74) is 6.65. The van der Waals surface area contributed by atoms with Crippen LogP contribution in [0.25, 0.3) is 0 Å². The normalized spacial score (nSPS) is 10.4. The summed E-state index contributed by atoms with van der Waals surface area (Å²) in [4.78, 5) is 0. The maximum absolute atomic E-state index is 5.63. The van der Waals surface area contributed by atoms with Crippen LogP contribution in [-0.4, -0.2) is 5.05 Å². The van der Waals surface area contributed by atoms with E-state index in [0.717, 1.165) is 17.9 Å². The predicted molar refractivity (Wildman–Crippen MR) is 77.7 cm³/mol. The number of thiocarbonyl (C=S) groups is 1. The third-order valence-electron chi connectivity index (χ3n) is 3.43. The maximum Gasteiger partial charge on any atom is 0.160 e. The fraction of sp³-hybridized carbons (Fsp3) is 0.533. The van der Waals surface area contributed by atoms with Gasteiger partial charge in [-0.05, 0) is 74.2 Å². The minimum absolute atomic E-state index is 0.604. The Morgan fingerprint density at radius 3 is 2.35 bits per heavy atom. The van der Waals surface area contributed by atoms with Gasteiger partial charge in [0.05, 0.1) is 0 Å². The molecule has 94 valence electrons. The van der Waals surface area contributed by atoms with Gasteiger partial charge in [-0.2, -0.15) is 0 Å². The first-order valence-electron chi connectivity index (χ1n) is 6.19. The molecule has 0 atom stereocenters. The average Bonchev–Trinajstić information content (AvgIpc) is 2.30. The molecule has 0 unspecified atom stereocenters. The quantitative estimate of drug-likeness (QED) is 0.724. The first-order valence-corrected chi connectivity index (χ1v) is 6.60. The molecule has 0 aliphatic carbocycles. The van der Waals surface area contributed by atoms with E-state index in [1.807, 2.05) is 0 Å². The molecule has 0 aromatic heterocycles. The molecule has 0 saturated carbocycles. The zero-order chi connectivity index (χ0) is 13.0. The molecule has 1 nitrogen and oxygen atoms in total. The lowest BCUT2D eigenvalue weighted by atomic mass is 9.95. The highest BCUT2D eigenvalue weighted by molar-refractivity contribution is 7.80. The molecule has 0 N–H and O–H groups in total. The van der Waals surface area contributed by atoms with E-state index < -0.39 is 0 Å². The van der Waals surface area contributed by atoms with Gasteiger partial charge in [0.15, 0.2) is 5.05 Å². The summed E-state index contributed by atoms with van der Waals surface area (Å²) >= 11 is 5.16. The summed E-state index contributed by atoms with van der Waals surface area (Å²) in [6, 6.07) is 2.21. The topological polar surface area (TPSA) is 9.23 Å². The van der Waals surface area contributed by atoms with Crippen LogP contribution in [0.15, 0.2) is 6.07 Å². The van der Waals surface area contributed by atoms with Crippen molar-refractivity contribution in [2.45, 2.75) is 54.1 Å². The SMILES string of the molecule is CCCC(=S)OCc1cc(C)c(C)c(C)c1C. The lowest BCUT2D eigenvalue weighted by Crippen LogP contribution is -2.04. The van der Waals surface area contributed by atoms with Crippen molar-refractivity contribution in [2.75, 3.05) is 0 Å². The van der Waals surface area contributed by atoms with Crippen LogP contribution in [0.4, 0.5) is 0 Å². The largest absolute Gasteiger partial charge is 0.482 e. The summed E-state index contributed by atoms with van der Waals surface area (Å²) in [6.07, 6.45) is 1.92. The van der Waals surface area contributed by atoms with Gasteiger partial charge in [-0.15, -0.1) is 0 Å². The second-order valence-electron chi connectivity index (χ2n) is 4.64. The number of hydrogen-bond acceptors (Lipinski definition) is 2. The van der Waals surface area contributed by atoms with Crippen molar-refractivity contribution in [3.8, 4) is 0 Å². The Morgan fingerprint density at radius 2 is 1.76 bits per heavy atom. The molecule has 0 saturated heterocycles. The first-order chi connectivity index (χ1) is 7.97. The van der Waals surface area contributed by atoms with Crippen molar-refractivity contribution in [1.29, 1.82) is 0 Å². The lowest BCUT2D eigenvalue weighted by Gasteiger charge is -2.15. The highest BCUT2D eigenvalue weighted by atomic mass is 32.1. The molecule has 0 fully saturated rings. The van der Waals surface area contributed by atoms with E-state index in [1.54, 1.807) is 0 Å². The molecule has 0 spiro atoms. The molecule has 0 bridgehead atoms. The zero-order valence-electron chi connectivity index (χ0n) is 11.5. The maximum atomic E-state index is 5.63. The van der Waals surface area contributed by atoms with Crippen LogP contribution in [0.2, 0.25) is 0 Å². The Morgan fingerprint density at radius 1 is 1.12 bits per heavy atom. The summed E-state index contributed by atoms with van der Waals surface area (Å²) < 4.78 is 5.63. The third kappa shape index (κ3) is 3.53. The van der Waals surface area contributed by atoms with Gasteiger partial charge in [0.25, 0.3) is 0 Å². The van der Waals surface area contributed by atoms with Crippen LogP contribution in [0.1, 0.15) is 47.6 Å². The van der Waals surface area contributed by atoms with Crippen molar-refractivity contribution in [2.24, 2.45) is 0 Å². The molecular weight excluding hydrogens is 228 g/mol. The molecule has 1 aromatic rings. The number of benzene rings is 1. The van der Waals surface area contributed by atoms with Crippen molar-refractivity contribution in [3.05, 3.63) is 33.9 Å². The third-order valence-corrected chi connectivity index (χ3v) is 3.75. The molecule has 17 heavy (non-hydrogen) atoms. The minimum Gasteiger partial charge on any atom is -0.482 e. The fourth-order valence-corrected chi connectivity index (χ4v) is 2.14. The monoisotopic (exact) mass is 250 g/mol. The standard InChI is InChI=1S/C15H22OS/c1-6-7-15(17)16-9-14-8-10(2)11(3)12(4)13(14)5/h8H,6-7,9H2,1-5H3. The Balaban J connectivity index is 2.82. The predicted octanol–water partition coefficient (Wildman–Crippen LogP) is 4.56. The van der Waals surface area contributed by atoms with Gasteiger partial charge in [-0.25, -0.2) is 0 Å².